The van der Waals surface area contributed by atoms with Gasteiger partial charge in [-0.05, 0) is 0 Å². The highest BCUT2D eigenvalue weighted by Gasteiger charge is 2.36. The van der Waals surface area contributed by atoms with E-state index in [0.717, 1.165) is 0 Å². The highest BCUT2D eigenvalue weighted by atomic mass is 35.5. The molecule has 1 rings (SSSR count). The zero-order valence-corrected chi connectivity index (χ0v) is 8.09. The number of carbonyl (C=O) groups excluding carboxylic acids is 1. The van der Waals surface area contributed by atoms with Crippen LogP contribution in [0.1, 0.15) is 13.3 Å². The zero-order chi connectivity index (χ0) is 9.19. The summed E-state index contributed by atoms with van der Waals surface area (Å²) in [5.41, 5.74) is 0. The van der Waals surface area contributed by atoms with Gasteiger partial charge in [-0.1, -0.05) is 0 Å². The minimum atomic E-state index is -2.69. The first-order valence-corrected chi connectivity index (χ1v) is 3.85. The Hall–Kier alpha value is -0.420. The van der Waals surface area contributed by atoms with Gasteiger partial charge in [0.2, 0.25) is 5.91 Å². The van der Waals surface area contributed by atoms with E-state index in [2.05, 4.69) is 10.6 Å². The lowest BCUT2D eigenvalue weighted by atomic mass is 10.0. The molecule has 0 aromatic carbocycles. The van der Waals surface area contributed by atoms with E-state index in [0.29, 0.717) is 6.54 Å². The first kappa shape index (κ1) is 12.6. The second kappa shape index (κ2) is 4.72. The van der Waals surface area contributed by atoms with Crippen molar-refractivity contribution in [3.8, 4) is 0 Å². The first-order valence-electron chi connectivity index (χ1n) is 3.85. The Balaban J connectivity index is 0.00000144. The molecule has 1 amide bonds. The molecule has 13 heavy (non-hydrogen) atoms. The Kier molecular flexibility index (Phi) is 4.56. The second-order valence-electron chi connectivity index (χ2n) is 3.09. The normalized spacial score (nSPS) is 25.9. The van der Waals surface area contributed by atoms with Gasteiger partial charge in [-0.2, -0.15) is 0 Å². The summed E-state index contributed by atoms with van der Waals surface area (Å²) in [6, 6.07) is -0.439. The Morgan fingerprint density at radius 1 is 1.62 bits per heavy atom. The first-order chi connectivity index (χ1) is 5.49. The molecule has 2 N–H and O–H groups in total. The maximum Gasteiger partial charge on any atom is 0.262 e. The van der Waals surface area contributed by atoms with Crippen molar-refractivity contribution in [2.24, 2.45) is 0 Å². The van der Waals surface area contributed by atoms with Crippen molar-refractivity contribution in [1.82, 2.24) is 10.6 Å². The van der Waals surface area contributed by atoms with Crippen LogP contribution in [0.2, 0.25) is 0 Å². The largest absolute Gasteiger partial charge is 0.352 e. The van der Waals surface area contributed by atoms with Crippen LogP contribution in [0.4, 0.5) is 8.78 Å². The molecule has 3 nitrogen and oxygen atoms in total. The minimum Gasteiger partial charge on any atom is -0.352 e. The Bertz CT molecular complexity index is 189. The van der Waals surface area contributed by atoms with Crippen molar-refractivity contribution in [3.05, 3.63) is 0 Å². The van der Waals surface area contributed by atoms with Gasteiger partial charge in [0.1, 0.15) is 0 Å². The average molecular weight is 215 g/mol. The molecule has 78 valence electrons. The Morgan fingerprint density at radius 2 is 2.23 bits per heavy atom. The molecule has 1 saturated heterocycles. The summed E-state index contributed by atoms with van der Waals surface area (Å²) in [6.45, 7) is 1.46. The topological polar surface area (TPSA) is 41.1 Å². The molecule has 0 spiro atoms. The summed E-state index contributed by atoms with van der Waals surface area (Å²) < 4.78 is 25.4. The molecule has 0 saturated carbocycles. The molecule has 0 radical (unpaired) electrons. The molecule has 1 aliphatic rings. The van der Waals surface area contributed by atoms with E-state index in [1.807, 2.05) is 0 Å². The fraction of sp³-hybridized carbons (Fsp3) is 0.857. The van der Waals surface area contributed by atoms with E-state index in [9.17, 15) is 13.6 Å². The van der Waals surface area contributed by atoms with E-state index < -0.39 is 12.0 Å². The highest BCUT2D eigenvalue weighted by Crippen LogP contribution is 2.22. The molecule has 1 heterocycles. The lowest BCUT2D eigenvalue weighted by molar-refractivity contribution is -0.120. The number of rotatable bonds is 1. The third-order valence-electron chi connectivity index (χ3n) is 1.73. The zero-order valence-electron chi connectivity index (χ0n) is 7.27. The maximum absolute atomic E-state index is 12.7. The minimum absolute atomic E-state index is 0. The molecule has 1 aliphatic heterocycles. The molecular formula is C7H13ClF2N2O. The number of hydrogen-bond donors (Lipinski definition) is 2. The molecule has 1 atom stereocenters. The van der Waals surface area contributed by atoms with Gasteiger partial charge in [-0.3, -0.25) is 4.79 Å². The monoisotopic (exact) mass is 214 g/mol. The summed E-state index contributed by atoms with van der Waals surface area (Å²) >= 11 is 0. The number of carbonyl (C=O) groups is 1. The van der Waals surface area contributed by atoms with Crippen LogP contribution in [0.5, 0.6) is 0 Å². The van der Waals surface area contributed by atoms with Crippen LogP contribution in [0.15, 0.2) is 0 Å². The molecule has 1 fully saturated rings. The number of hydrogen-bond acceptors (Lipinski definition) is 2. The fourth-order valence-electron chi connectivity index (χ4n) is 1.32. The predicted octanol–water partition coefficient (Wildman–Crippen LogP) is 0.541. The van der Waals surface area contributed by atoms with E-state index in [-0.39, 0.29) is 31.3 Å². The molecule has 0 aliphatic carbocycles. The average Bonchev–Trinajstić information content (AvgIpc) is 1.82. The SMILES string of the molecule is CC(=O)NC1CNCC(F)(F)C1.Cl. The van der Waals surface area contributed by atoms with Crippen LogP contribution < -0.4 is 10.6 Å². The van der Waals surface area contributed by atoms with Crippen molar-refractivity contribution in [2.75, 3.05) is 13.1 Å². The number of nitrogens with one attached hydrogen (secondary N) is 2. The van der Waals surface area contributed by atoms with Crippen molar-refractivity contribution in [3.63, 3.8) is 0 Å². The summed E-state index contributed by atoms with van der Waals surface area (Å²) in [7, 11) is 0. The lowest BCUT2D eigenvalue weighted by Gasteiger charge is -2.29. The molecule has 0 aromatic heterocycles. The van der Waals surface area contributed by atoms with Crippen molar-refractivity contribution in [2.45, 2.75) is 25.3 Å². The van der Waals surface area contributed by atoms with Gasteiger partial charge in [-0.15, -0.1) is 12.4 Å². The molecular weight excluding hydrogens is 202 g/mol. The van der Waals surface area contributed by atoms with E-state index in [1.165, 1.54) is 6.92 Å². The summed E-state index contributed by atoms with van der Waals surface area (Å²) in [5, 5.41) is 5.02. The van der Waals surface area contributed by atoms with Gasteiger partial charge in [0, 0.05) is 25.9 Å². The van der Waals surface area contributed by atoms with Crippen molar-refractivity contribution >= 4 is 18.3 Å². The lowest BCUT2D eigenvalue weighted by Crippen LogP contribution is -2.53. The molecule has 0 aromatic rings. The van der Waals surface area contributed by atoms with Crippen LogP contribution in [-0.2, 0) is 4.79 Å². The third-order valence-corrected chi connectivity index (χ3v) is 1.73. The smallest absolute Gasteiger partial charge is 0.262 e. The summed E-state index contributed by atoms with van der Waals surface area (Å²) in [5.74, 6) is -2.95. The van der Waals surface area contributed by atoms with E-state index in [1.54, 1.807) is 0 Å². The van der Waals surface area contributed by atoms with Gasteiger partial charge in [0.25, 0.3) is 5.92 Å². The number of piperidine rings is 1. The van der Waals surface area contributed by atoms with Gasteiger partial charge in [0.05, 0.1) is 6.54 Å². The van der Waals surface area contributed by atoms with E-state index in [4.69, 9.17) is 0 Å². The number of halogens is 3. The Labute approximate surface area is 81.7 Å². The quantitative estimate of drug-likeness (QED) is 0.669. The van der Waals surface area contributed by atoms with Gasteiger partial charge < -0.3 is 10.6 Å². The van der Waals surface area contributed by atoms with Crippen LogP contribution in [0.25, 0.3) is 0 Å². The van der Waals surface area contributed by atoms with Crippen LogP contribution in [0, 0.1) is 0 Å². The van der Waals surface area contributed by atoms with E-state index >= 15 is 0 Å². The van der Waals surface area contributed by atoms with Gasteiger partial charge in [0.15, 0.2) is 0 Å². The highest BCUT2D eigenvalue weighted by molar-refractivity contribution is 5.85. The van der Waals surface area contributed by atoms with Gasteiger partial charge in [-0.25, -0.2) is 8.78 Å². The Morgan fingerprint density at radius 3 is 2.69 bits per heavy atom. The molecule has 0 bridgehead atoms. The summed E-state index contributed by atoms with van der Waals surface area (Å²) in [4.78, 5) is 10.5. The van der Waals surface area contributed by atoms with Crippen molar-refractivity contribution < 1.29 is 13.6 Å². The third kappa shape index (κ3) is 4.38. The van der Waals surface area contributed by atoms with Crippen LogP contribution in [-0.4, -0.2) is 31.0 Å². The second-order valence-corrected chi connectivity index (χ2v) is 3.09. The van der Waals surface area contributed by atoms with Gasteiger partial charge >= 0.3 is 0 Å². The maximum atomic E-state index is 12.7. The standard InChI is InChI=1S/C7H12F2N2O.ClH/c1-5(12)11-6-2-7(8,9)4-10-3-6;/h6,10H,2-4H2,1H3,(H,11,12);1H. The molecule has 1 unspecified atom stereocenters. The van der Waals surface area contributed by atoms with Crippen LogP contribution in [0.3, 0.4) is 0 Å². The number of alkyl halides is 2. The summed E-state index contributed by atoms with van der Waals surface area (Å²) in [6.07, 6.45) is -0.264. The van der Waals surface area contributed by atoms with Crippen molar-refractivity contribution in [1.29, 1.82) is 0 Å². The number of amides is 1. The van der Waals surface area contributed by atoms with Crippen LogP contribution >= 0.6 is 12.4 Å². The predicted molar refractivity (Wildman–Crippen MR) is 47.3 cm³/mol. The fourth-order valence-corrected chi connectivity index (χ4v) is 1.32. The molecule has 6 heteroatoms.